The quantitative estimate of drug-likeness (QED) is 0.762. The molecule has 0 saturated heterocycles. The molecule has 0 aliphatic heterocycles. The highest BCUT2D eigenvalue weighted by Crippen LogP contribution is 2.22. The molecule has 0 fully saturated rings. The summed E-state index contributed by atoms with van der Waals surface area (Å²) >= 11 is 0. The highest BCUT2D eigenvalue weighted by atomic mass is 15.3. The molecule has 0 saturated carbocycles. The van der Waals surface area contributed by atoms with E-state index >= 15 is 0 Å². The Morgan fingerprint density at radius 1 is 1.28 bits per heavy atom. The third-order valence-electron chi connectivity index (χ3n) is 3.30. The van der Waals surface area contributed by atoms with E-state index in [4.69, 9.17) is 0 Å². The van der Waals surface area contributed by atoms with Crippen LogP contribution < -0.4 is 0 Å². The Labute approximate surface area is 106 Å². The summed E-state index contributed by atoms with van der Waals surface area (Å²) in [5.74, 6) is 0.903. The van der Waals surface area contributed by atoms with E-state index in [0.717, 1.165) is 29.0 Å². The number of aromatic nitrogens is 4. The van der Waals surface area contributed by atoms with Crippen LogP contribution in [0.25, 0.3) is 22.6 Å². The molecular weight excluding hydrogens is 224 g/mol. The van der Waals surface area contributed by atoms with Crippen LogP contribution >= 0.6 is 0 Å². The van der Waals surface area contributed by atoms with Crippen molar-refractivity contribution >= 4 is 11.2 Å². The summed E-state index contributed by atoms with van der Waals surface area (Å²) in [4.78, 5) is 7.97. The molecule has 4 heteroatoms. The molecule has 1 atom stereocenters. The highest BCUT2D eigenvalue weighted by Gasteiger charge is 2.13. The van der Waals surface area contributed by atoms with Crippen LogP contribution in [0.4, 0.5) is 0 Å². The van der Waals surface area contributed by atoms with Crippen LogP contribution in [0.3, 0.4) is 0 Å². The van der Waals surface area contributed by atoms with Crippen molar-refractivity contribution < 1.29 is 0 Å². The fourth-order valence-corrected chi connectivity index (χ4v) is 2.05. The van der Waals surface area contributed by atoms with Crippen LogP contribution in [0.15, 0.2) is 36.5 Å². The first kappa shape index (κ1) is 11.0. The van der Waals surface area contributed by atoms with Gasteiger partial charge in [-0.3, -0.25) is 0 Å². The Balaban J connectivity index is 2.10. The monoisotopic (exact) mass is 240 g/mol. The maximum absolute atomic E-state index is 4.66. The fourth-order valence-electron chi connectivity index (χ4n) is 2.05. The molecule has 1 unspecified atom stereocenters. The van der Waals surface area contributed by atoms with E-state index in [0.29, 0.717) is 6.04 Å². The largest absolute Gasteiger partial charge is 0.335 e. The lowest BCUT2D eigenvalue weighted by atomic mass is 10.2. The van der Waals surface area contributed by atoms with Crippen molar-refractivity contribution in [2.75, 3.05) is 0 Å². The van der Waals surface area contributed by atoms with Crippen LogP contribution in [0.1, 0.15) is 26.3 Å². The number of nitrogens with one attached hydrogen (secondary N) is 1. The number of aromatic amines is 1. The predicted octanol–water partition coefficient (Wildman–Crippen LogP) is 3.40. The van der Waals surface area contributed by atoms with Crippen molar-refractivity contribution in [2.45, 2.75) is 26.3 Å². The number of fused-ring (bicyclic) bond motifs is 1. The molecule has 3 rings (SSSR count). The number of benzene rings is 1. The van der Waals surface area contributed by atoms with Crippen molar-refractivity contribution in [3.05, 3.63) is 36.5 Å². The number of H-pyrrole nitrogens is 1. The Hall–Kier alpha value is -2.10. The average molecular weight is 240 g/mol. The molecule has 0 amide bonds. The summed E-state index contributed by atoms with van der Waals surface area (Å²) in [6, 6.07) is 10.5. The zero-order valence-electron chi connectivity index (χ0n) is 10.6. The number of imidazole rings is 1. The summed E-state index contributed by atoms with van der Waals surface area (Å²) in [7, 11) is 0. The summed E-state index contributed by atoms with van der Waals surface area (Å²) in [6.45, 7) is 4.31. The number of hydrogen-bond acceptors (Lipinski definition) is 2. The van der Waals surface area contributed by atoms with Crippen molar-refractivity contribution in [3.8, 4) is 11.4 Å². The van der Waals surface area contributed by atoms with Crippen LogP contribution in [0.5, 0.6) is 0 Å². The van der Waals surface area contributed by atoms with Crippen LogP contribution in [-0.4, -0.2) is 19.7 Å². The minimum Gasteiger partial charge on any atom is -0.335 e. The minimum absolute atomic E-state index is 0.370. The van der Waals surface area contributed by atoms with Crippen molar-refractivity contribution in [2.24, 2.45) is 0 Å². The van der Waals surface area contributed by atoms with E-state index < -0.39 is 0 Å². The molecule has 1 N–H and O–H groups in total. The van der Waals surface area contributed by atoms with Gasteiger partial charge in [-0.1, -0.05) is 37.3 Å². The summed E-state index contributed by atoms with van der Waals surface area (Å²) < 4.78 is 1.98. The highest BCUT2D eigenvalue weighted by molar-refractivity contribution is 5.75. The van der Waals surface area contributed by atoms with Gasteiger partial charge in [0.15, 0.2) is 5.65 Å². The molecule has 18 heavy (non-hydrogen) atoms. The molecule has 4 nitrogen and oxygen atoms in total. The van der Waals surface area contributed by atoms with Crippen molar-refractivity contribution in [1.29, 1.82) is 0 Å². The molecule has 0 aliphatic carbocycles. The van der Waals surface area contributed by atoms with Gasteiger partial charge < -0.3 is 4.98 Å². The van der Waals surface area contributed by atoms with Crippen molar-refractivity contribution in [1.82, 2.24) is 19.7 Å². The fraction of sp³-hybridized carbons (Fsp3) is 0.286. The SMILES string of the molecule is CCC(C)n1ncc2[nH]c(-c3ccccc3)nc21. The Morgan fingerprint density at radius 2 is 2.06 bits per heavy atom. The van der Waals surface area contributed by atoms with E-state index in [9.17, 15) is 0 Å². The smallest absolute Gasteiger partial charge is 0.177 e. The standard InChI is InChI=1S/C14H16N4/c1-3-10(2)18-14-12(9-15-18)16-13(17-14)11-7-5-4-6-8-11/h4-10H,3H2,1-2H3,(H,16,17). The zero-order valence-corrected chi connectivity index (χ0v) is 10.6. The maximum atomic E-state index is 4.66. The van der Waals surface area contributed by atoms with E-state index in [1.807, 2.05) is 29.1 Å². The summed E-state index contributed by atoms with van der Waals surface area (Å²) in [5.41, 5.74) is 3.03. The van der Waals surface area contributed by atoms with Gasteiger partial charge in [-0.15, -0.1) is 0 Å². The first-order valence-electron chi connectivity index (χ1n) is 6.28. The lowest BCUT2D eigenvalue weighted by Gasteiger charge is -2.08. The second-order valence-electron chi connectivity index (χ2n) is 4.54. The second kappa shape index (κ2) is 4.29. The molecule has 0 spiro atoms. The molecule has 2 heterocycles. The molecule has 0 aliphatic rings. The van der Waals surface area contributed by atoms with Crippen molar-refractivity contribution in [3.63, 3.8) is 0 Å². The van der Waals surface area contributed by atoms with Gasteiger partial charge in [-0.2, -0.15) is 5.10 Å². The lowest BCUT2D eigenvalue weighted by molar-refractivity contribution is 0.490. The molecular formula is C14H16N4. The van der Waals surface area contributed by atoms with Gasteiger partial charge in [0.1, 0.15) is 11.3 Å². The van der Waals surface area contributed by atoms with Gasteiger partial charge in [0.05, 0.1) is 12.2 Å². The maximum Gasteiger partial charge on any atom is 0.177 e. The number of hydrogen-bond donors (Lipinski definition) is 1. The molecule has 0 bridgehead atoms. The minimum atomic E-state index is 0.370. The summed E-state index contributed by atoms with van der Waals surface area (Å²) in [5, 5.41) is 4.38. The van der Waals surface area contributed by atoms with E-state index in [1.54, 1.807) is 0 Å². The topological polar surface area (TPSA) is 46.5 Å². The van der Waals surface area contributed by atoms with Gasteiger partial charge in [-0.25, -0.2) is 9.67 Å². The number of nitrogens with zero attached hydrogens (tertiary/aromatic N) is 3. The van der Waals surface area contributed by atoms with E-state index in [1.165, 1.54) is 0 Å². The third-order valence-corrected chi connectivity index (χ3v) is 3.30. The van der Waals surface area contributed by atoms with E-state index in [2.05, 4.69) is 41.0 Å². The lowest BCUT2D eigenvalue weighted by Crippen LogP contribution is -2.05. The van der Waals surface area contributed by atoms with Crippen LogP contribution in [-0.2, 0) is 0 Å². The first-order chi connectivity index (χ1) is 8.79. The summed E-state index contributed by atoms with van der Waals surface area (Å²) in [6.07, 6.45) is 2.89. The zero-order chi connectivity index (χ0) is 12.5. The normalized spacial score (nSPS) is 13.0. The Bertz CT molecular complexity index is 651. The molecule has 2 aromatic heterocycles. The molecule has 3 aromatic rings. The van der Waals surface area contributed by atoms with Gasteiger partial charge in [0.25, 0.3) is 0 Å². The van der Waals surface area contributed by atoms with Gasteiger partial charge in [0.2, 0.25) is 0 Å². The average Bonchev–Trinajstić information content (AvgIpc) is 2.98. The second-order valence-corrected chi connectivity index (χ2v) is 4.54. The van der Waals surface area contributed by atoms with Gasteiger partial charge in [0, 0.05) is 5.56 Å². The van der Waals surface area contributed by atoms with Gasteiger partial charge in [-0.05, 0) is 13.3 Å². The Morgan fingerprint density at radius 3 is 2.78 bits per heavy atom. The third kappa shape index (κ3) is 1.70. The van der Waals surface area contributed by atoms with Crippen LogP contribution in [0.2, 0.25) is 0 Å². The molecule has 0 radical (unpaired) electrons. The predicted molar refractivity (Wildman–Crippen MR) is 72.3 cm³/mol. The van der Waals surface area contributed by atoms with Crippen LogP contribution in [0, 0.1) is 0 Å². The Kier molecular flexibility index (Phi) is 2.63. The van der Waals surface area contributed by atoms with Gasteiger partial charge >= 0.3 is 0 Å². The van der Waals surface area contributed by atoms with E-state index in [-0.39, 0.29) is 0 Å². The molecule has 1 aromatic carbocycles. The molecule has 92 valence electrons. The first-order valence-corrected chi connectivity index (χ1v) is 6.28. The number of rotatable bonds is 3.